The van der Waals surface area contributed by atoms with E-state index in [4.69, 9.17) is 4.74 Å². The lowest BCUT2D eigenvalue weighted by atomic mass is 10.2. The summed E-state index contributed by atoms with van der Waals surface area (Å²) >= 11 is 0. The van der Waals surface area contributed by atoms with E-state index in [1.165, 1.54) is 35.5 Å². The zero-order valence-electron chi connectivity index (χ0n) is 18.0. The number of esters is 1. The van der Waals surface area contributed by atoms with Crippen molar-refractivity contribution in [1.82, 2.24) is 9.21 Å². The zero-order chi connectivity index (χ0) is 23.4. The lowest BCUT2D eigenvalue weighted by Gasteiger charge is -2.24. The molecule has 0 saturated carbocycles. The number of nitrogens with zero attached hydrogens (tertiary/aromatic N) is 2. The first-order valence-electron chi connectivity index (χ1n) is 10.0. The fourth-order valence-corrected chi connectivity index (χ4v) is 5.61. The SMILES string of the molecule is CC(=O)OC1CN(Cc2ccccc2)CCN(S(=O)(=O)c2ccc(NS(C)(=O)=O)cc2)C1. The third-order valence-corrected chi connectivity index (χ3v) is 7.40. The molecule has 1 fully saturated rings. The molecule has 0 amide bonds. The van der Waals surface area contributed by atoms with E-state index in [-0.39, 0.29) is 23.7 Å². The molecule has 174 valence electrons. The zero-order valence-corrected chi connectivity index (χ0v) is 19.6. The van der Waals surface area contributed by atoms with Crippen molar-refractivity contribution in [3.8, 4) is 0 Å². The Kier molecular flexibility index (Phi) is 7.55. The van der Waals surface area contributed by atoms with Gasteiger partial charge in [0.15, 0.2) is 0 Å². The summed E-state index contributed by atoms with van der Waals surface area (Å²) in [5.41, 5.74) is 1.36. The molecule has 9 nitrogen and oxygen atoms in total. The van der Waals surface area contributed by atoms with Crippen molar-refractivity contribution in [2.75, 3.05) is 37.2 Å². The van der Waals surface area contributed by atoms with Crippen LogP contribution in [0.1, 0.15) is 12.5 Å². The second-order valence-electron chi connectivity index (χ2n) is 7.71. The molecule has 11 heteroatoms. The van der Waals surface area contributed by atoms with Crippen molar-refractivity contribution >= 4 is 31.7 Å². The van der Waals surface area contributed by atoms with E-state index in [0.717, 1.165) is 11.8 Å². The van der Waals surface area contributed by atoms with E-state index in [2.05, 4.69) is 9.62 Å². The highest BCUT2D eigenvalue weighted by atomic mass is 32.2. The summed E-state index contributed by atoms with van der Waals surface area (Å²) in [6, 6.07) is 15.3. The van der Waals surface area contributed by atoms with E-state index in [1.807, 2.05) is 30.3 Å². The van der Waals surface area contributed by atoms with Crippen LogP contribution in [0.15, 0.2) is 59.5 Å². The lowest BCUT2D eigenvalue weighted by Crippen LogP contribution is -2.39. The Morgan fingerprint density at radius 3 is 2.25 bits per heavy atom. The molecule has 1 aliphatic heterocycles. The number of carbonyl (C=O) groups is 1. The quantitative estimate of drug-likeness (QED) is 0.596. The van der Waals surface area contributed by atoms with Crippen LogP contribution in [-0.4, -0.2) is 70.5 Å². The lowest BCUT2D eigenvalue weighted by molar-refractivity contribution is -0.147. The Morgan fingerprint density at radius 1 is 1.00 bits per heavy atom. The van der Waals surface area contributed by atoms with E-state index in [0.29, 0.717) is 19.6 Å². The molecule has 1 unspecified atom stereocenters. The van der Waals surface area contributed by atoms with Gasteiger partial charge >= 0.3 is 5.97 Å². The molecule has 1 saturated heterocycles. The number of hydrogen-bond donors (Lipinski definition) is 1. The first-order chi connectivity index (χ1) is 15.0. The van der Waals surface area contributed by atoms with Crippen molar-refractivity contribution in [3.63, 3.8) is 0 Å². The van der Waals surface area contributed by atoms with Crippen LogP contribution in [-0.2, 0) is 36.1 Å². The minimum atomic E-state index is -3.87. The predicted octanol–water partition coefficient (Wildman–Crippen LogP) is 1.50. The highest BCUT2D eigenvalue weighted by Crippen LogP contribution is 2.22. The van der Waals surface area contributed by atoms with Gasteiger partial charge in [-0.25, -0.2) is 16.8 Å². The maximum absolute atomic E-state index is 13.3. The average molecular weight is 482 g/mol. The molecular formula is C21H27N3O6S2. The van der Waals surface area contributed by atoms with Gasteiger partial charge < -0.3 is 4.74 Å². The molecule has 2 aromatic carbocycles. The fraction of sp³-hybridized carbons (Fsp3) is 0.381. The summed E-state index contributed by atoms with van der Waals surface area (Å²) in [6.45, 7) is 3.07. The highest BCUT2D eigenvalue weighted by molar-refractivity contribution is 7.92. The smallest absolute Gasteiger partial charge is 0.302 e. The van der Waals surface area contributed by atoms with Crippen molar-refractivity contribution in [2.45, 2.75) is 24.5 Å². The van der Waals surface area contributed by atoms with Crippen LogP contribution in [0, 0.1) is 0 Å². The molecule has 1 heterocycles. The van der Waals surface area contributed by atoms with E-state index < -0.39 is 32.1 Å². The molecule has 0 spiro atoms. The number of sulfonamides is 2. The molecule has 0 aliphatic carbocycles. The summed E-state index contributed by atoms with van der Waals surface area (Å²) in [5, 5.41) is 0. The van der Waals surface area contributed by atoms with Gasteiger partial charge in [0.1, 0.15) is 6.10 Å². The maximum Gasteiger partial charge on any atom is 0.302 e. The standard InChI is InChI=1S/C21H27N3O6S2/c1-17(25)30-20-15-23(14-18-6-4-3-5-7-18)12-13-24(16-20)32(28,29)21-10-8-19(9-11-21)22-31(2,26)27/h3-11,20,22H,12-16H2,1-2H3. The fourth-order valence-electron chi connectivity index (χ4n) is 3.58. The molecule has 2 aromatic rings. The predicted molar refractivity (Wildman–Crippen MR) is 121 cm³/mol. The van der Waals surface area contributed by atoms with Gasteiger partial charge in [0.05, 0.1) is 17.7 Å². The second-order valence-corrected chi connectivity index (χ2v) is 11.4. The largest absolute Gasteiger partial charge is 0.460 e. The van der Waals surface area contributed by atoms with Gasteiger partial charge in [-0.3, -0.25) is 14.4 Å². The Labute approximate surface area is 189 Å². The Hall–Kier alpha value is -2.47. The van der Waals surface area contributed by atoms with Crippen LogP contribution < -0.4 is 4.72 Å². The minimum absolute atomic E-state index is 0.0367. The van der Waals surface area contributed by atoms with Crippen LogP contribution in [0.25, 0.3) is 0 Å². The number of hydrogen-bond acceptors (Lipinski definition) is 7. The number of nitrogens with one attached hydrogen (secondary N) is 1. The number of anilines is 1. The summed E-state index contributed by atoms with van der Waals surface area (Å²) in [4.78, 5) is 13.7. The summed E-state index contributed by atoms with van der Waals surface area (Å²) < 4.78 is 58.3. The number of rotatable bonds is 7. The van der Waals surface area contributed by atoms with Gasteiger partial charge in [0, 0.05) is 38.8 Å². The Morgan fingerprint density at radius 2 is 1.66 bits per heavy atom. The summed E-state index contributed by atoms with van der Waals surface area (Å²) in [6.07, 6.45) is 0.408. The topological polar surface area (TPSA) is 113 Å². The van der Waals surface area contributed by atoms with Crippen LogP contribution in [0.5, 0.6) is 0 Å². The van der Waals surface area contributed by atoms with E-state index >= 15 is 0 Å². The molecule has 0 radical (unpaired) electrons. The van der Waals surface area contributed by atoms with Gasteiger partial charge in [-0.05, 0) is 29.8 Å². The third-order valence-electron chi connectivity index (χ3n) is 4.91. The van der Waals surface area contributed by atoms with Crippen LogP contribution >= 0.6 is 0 Å². The van der Waals surface area contributed by atoms with Crippen LogP contribution in [0.2, 0.25) is 0 Å². The van der Waals surface area contributed by atoms with Gasteiger partial charge in [0.2, 0.25) is 20.0 Å². The first kappa shape index (κ1) is 24.2. The summed E-state index contributed by atoms with van der Waals surface area (Å²) in [5.74, 6) is -0.467. The van der Waals surface area contributed by atoms with Crippen molar-refractivity contribution < 1.29 is 26.4 Å². The Balaban J connectivity index is 1.79. The molecule has 1 atom stereocenters. The molecule has 1 aliphatic rings. The maximum atomic E-state index is 13.3. The van der Waals surface area contributed by atoms with Gasteiger partial charge in [-0.2, -0.15) is 4.31 Å². The number of ether oxygens (including phenoxy) is 1. The van der Waals surface area contributed by atoms with E-state index in [9.17, 15) is 21.6 Å². The molecule has 32 heavy (non-hydrogen) atoms. The number of carbonyl (C=O) groups excluding carboxylic acids is 1. The average Bonchev–Trinajstić information content (AvgIpc) is 2.90. The molecule has 0 bridgehead atoms. The normalized spacial score (nSPS) is 18.6. The van der Waals surface area contributed by atoms with Crippen LogP contribution in [0.3, 0.4) is 0 Å². The molecule has 3 rings (SSSR count). The minimum Gasteiger partial charge on any atom is -0.460 e. The van der Waals surface area contributed by atoms with Gasteiger partial charge in [-0.1, -0.05) is 30.3 Å². The van der Waals surface area contributed by atoms with Crippen LogP contribution in [0.4, 0.5) is 5.69 Å². The van der Waals surface area contributed by atoms with Gasteiger partial charge in [-0.15, -0.1) is 0 Å². The number of benzene rings is 2. The van der Waals surface area contributed by atoms with Crippen molar-refractivity contribution in [3.05, 3.63) is 60.2 Å². The first-order valence-corrected chi connectivity index (χ1v) is 13.4. The monoisotopic (exact) mass is 481 g/mol. The van der Waals surface area contributed by atoms with Crippen molar-refractivity contribution in [1.29, 1.82) is 0 Å². The third kappa shape index (κ3) is 6.76. The van der Waals surface area contributed by atoms with E-state index in [1.54, 1.807) is 0 Å². The molecular weight excluding hydrogens is 454 g/mol. The van der Waals surface area contributed by atoms with Gasteiger partial charge in [0.25, 0.3) is 0 Å². The molecule has 0 aromatic heterocycles. The highest BCUT2D eigenvalue weighted by Gasteiger charge is 2.32. The molecule has 1 N–H and O–H groups in total. The Bertz CT molecular complexity index is 1140. The second kappa shape index (κ2) is 9.99. The van der Waals surface area contributed by atoms with Crippen molar-refractivity contribution in [2.24, 2.45) is 0 Å². The summed E-state index contributed by atoms with van der Waals surface area (Å²) in [7, 11) is -7.34.